The Morgan fingerprint density at radius 1 is 1.41 bits per heavy atom. The minimum atomic E-state index is -0.442. The number of hydrogen-bond donors (Lipinski definition) is 0. The van der Waals surface area contributed by atoms with Gasteiger partial charge in [-0.1, -0.05) is 6.92 Å². The molecule has 2 aromatic rings. The first kappa shape index (κ1) is 13.2. The van der Waals surface area contributed by atoms with E-state index in [9.17, 15) is 4.79 Å². The van der Waals surface area contributed by atoms with Gasteiger partial charge in [-0.2, -0.15) is 4.98 Å². The molecule has 1 saturated heterocycles. The van der Waals surface area contributed by atoms with E-state index >= 15 is 0 Å². The van der Waals surface area contributed by atoms with E-state index in [1.165, 1.54) is 0 Å². The molecule has 0 spiro atoms. The molecule has 0 saturated carbocycles. The second-order valence-corrected chi connectivity index (χ2v) is 5.85. The third-order valence-electron chi connectivity index (χ3n) is 4.87. The van der Waals surface area contributed by atoms with Crippen LogP contribution in [0.4, 0.5) is 11.5 Å². The topological polar surface area (TPSA) is 67.2 Å². The zero-order valence-corrected chi connectivity index (χ0v) is 12.7. The SMILES string of the molecule is CCC12CCCN1c1nc(-n3ccnc3)ncc1N(C)C2=O. The highest BCUT2D eigenvalue weighted by molar-refractivity contribution is 6.07. The molecule has 114 valence electrons. The summed E-state index contributed by atoms with van der Waals surface area (Å²) in [4.78, 5) is 29.9. The van der Waals surface area contributed by atoms with Crippen LogP contribution in [0.25, 0.3) is 5.95 Å². The quantitative estimate of drug-likeness (QED) is 0.838. The molecule has 7 nitrogen and oxygen atoms in total. The normalized spacial score (nSPS) is 23.6. The van der Waals surface area contributed by atoms with Crippen LogP contribution in [0.15, 0.2) is 24.9 Å². The molecule has 2 aromatic heterocycles. The maximum Gasteiger partial charge on any atom is 0.252 e. The predicted octanol–water partition coefficient (Wildman–Crippen LogP) is 1.39. The summed E-state index contributed by atoms with van der Waals surface area (Å²) < 4.78 is 1.78. The van der Waals surface area contributed by atoms with Gasteiger partial charge in [0.2, 0.25) is 5.95 Å². The molecule has 7 heteroatoms. The number of imidazole rings is 1. The van der Waals surface area contributed by atoms with Crippen LogP contribution in [0.1, 0.15) is 26.2 Å². The summed E-state index contributed by atoms with van der Waals surface area (Å²) in [7, 11) is 1.81. The Balaban J connectivity index is 1.89. The van der Waals surface area contributed by atoms with Gasteiger partial charge < -0.3 is 9.80 Å². The number of fused-ring (bicyclic) bond motifs is 3. The standard InChI is InChI=1S/C15H18N6O/c1-3-15-5-4-7-21(15)12-11(19(2)13(15)22)9-17-14(18-12)20-8-6-16-10-20/h6,8-10H,3-5,7H2,1-2H3. The average Bonchev–Trinajstić information content (AvgIpc) is 3.22. The summed E-state index contributed by atoms with van der Waals surface area (Å²) in [6.07, 6.45) is 9.61. The lowest BCUT2D eigenvalue weighted by Gasteiger charge is -2.45. The van der Waals surface area contributed by atoms with Crippen molar-refractivity contribution >= 4 is 17.4 Å². The molecule has 4 heterocycles. The average molecular weight is 298 g/mol. The Labute approximate surface area is 128 Å². The molecule has 1 amide bonds. The van der Waals surface area contributed by atoms with Crippen molar-refractivity contribution < 1.29 is 4.79 Å². The van der Waals surface area contributed by atoms with E-state index in [1.54, 1.807) is 28.2 Å². The number of carbonyl (C=O) groups is 1. The largest absolute Gasteiger partial charge is 0.340 e. The Kier molecular flexibility index (Phi) is 2.72. The van der Waals surface area contributed by atoms with Crippen molar-refractivity contribution in [1.82, 2.24) is 19.5 Å². The van der Waals surface area contributed by atoms with E-state index < -0.39 is 5.54 Å². The molecule has 0 bridgehead atoms. The molecule has 2 aliphatic rings. The van der Waals surface area contributed by atoms with Crippen molar-refractivity contribution in [2.75, 3.05) is 23.4 Å². The van der Waals surface area contributed by atoms with Crippen molar-refractivity contribution in [3.63, 3.8) is 0 Å². The summed E-state index contributed by atoms with van der Waals surface area (Å²) in [6.45, 7) is 2.94. The highest BCUT2D eigenvalue weighted by Crippen LogP contribution is 2.45. The van der Waals surface area contributed by atoms with Crippen LogP contribution in [0.5, 0.6) is 0 Å². The number of rotatable bonds is 2. The minimum Gasteiger partial charge on any atom is -0.340 e. The Bertz CT molecular complexity index is 728. The lowest BCUT2D eigenvalue weighted by atomic mass is 9.89. The van der Waals surface area contributed by atoms with Gasteiger partial charge in [-0.3, -0.25) is 9.36 Å². The van der Waals surface area contributed by atoms with Crippen molar-refractivity contribution in [3.05, 3.63) is 24.9 Å². The van der Waals surface area contributed by atoms with Crippen LogP contribution < -0.4 is 9.80 Å². The fraction of sp³-hybridized carbons (Fsp3) is 0.467. The second kappa shape index (κ2) is 4.53. The maximum absolute atomic E-state index is 12.8. The zero-order valence-electron chi connectivity index (χ0n) is 12.7. The van der Waals surface area contributed by atoms with Crippen LogP contribution in [-0.4, -0.2) is 44.6 Å². The summed E-state index contributed by atoms with van der Waals surface area (Å²) in [5.41, 5.74) is 0.335. The Hall–Kier alpha value is -2.44. The van der Waals surface area contributed by atoms with Crippen LogP contribution in [0.3, 0.4) is 0 Å². The molecule has 1 fully saturated rings. The van der Waals surface area contributed by atoms with Crippen LogP contribution in [-0.2, 0) is 4.79 Å². The van der Waals surface area contributed by atoms with E-state index in [2.05, 4.69) is 21.8 Å². The fourth-order valence-electron chi connectivity index (χ4n) is 3.64. The highest BCUT2D eigenvalue weighted by atomic mass is 16.2. The van der Waals surface area contributed by atoms with E-state index in [-0.39, 0.29) is 5.91 Å². The van der Waals surface area contributed by atoms with Gasteiger partial charge in [0.15, 0.2) is 5.82 Å². The lowest BCUT2D eigenvalue weighted by Crippen LogP contribution is -2.59. The number of hydrogen-bond acceptors (Lipinski definition) is 5. The summed E-state index contributed by atoms with van der Waals surface area (Å²) in [5.74, 6) is 1.58. The molecular formula is C15H18N6O. The van der Waals surface area contributed by atoms with Gasteiger partial charge in [-0.05, 0) is 19.3 Å². The van der Waals surface area contributed by atoms with Crippen molar-refractivity contribution in [1.29, 1.82) is 0 Å². The second-order valence-electron chi connectivity index (χ2n) is 5.85. The Morgan fingerprint density at radius 2 is 2.27 bits per heavy atom. The number of likely N-dealkylation sites (N-methyl/N-ethyl adjacent to an activating group) is 1. The fourth-order valence-corrected chi connectivity index (χ4v) is 3.64. The zero-order chi connectivity index (χ0) is 15.3. The monoisotopic (exact) mass is 298 g/mol. The highest BCUT2D eigenvalue weighted by Gasteiger charge is 2.52. The third-order valence-corrected chi connectivity index (χ3v) is 4.87. The number of carbonyl (C=O) groups excluding carboxylic acids is 1. The summed E-state index contributed by atoms with van der Waals surface area (Å²) >= 11 is 0. The van der Waals surface area contributed by atoms with E-state index in [4.69, 9.17) is 4.98 Å². The molecule has 0 aliphatic carbocycles. The number of aromatic nitrogens is 4. The molecule has 0 radical (unpaired) electrons. The molecule has 1 atom stereocenters. The summed E-state index contributed by atoms with van der Waals surface area (Å²) in [5, 5.41) is 0. The predicted molar refractivity (Wildman–Crippen MR) is 82.2 cm³/mol. The molecule has 22 heavy (non-hydrogen) atoms. The molecule has 4 rings (SSSR count). The third kappa shape index (κ3) is 1.56. The van der Waals surface area contributed by atoms with Gasteiger partial charge in [-0.15, -0.1) is 0 Å². The van der Waals surface area contributed by atoms with E-state index in [0.29, 0.717) is 5.95 Å². The lowest BCUT2D eigenvalue weighted by molar-refractivity contribution is -0.123. The number of anilines is 2. The van der Waals surface area contributed by atoms with E-state index in [0.717, 1.165) is 37.3 Å². The molecule has 0 N–H and O–H groups in total. The first-order chi connectivity index (χ1) is 10.7. The molecule has 2 aliphatic heterocycles. The number of amides is 1. The van der Waals surface area contributed by atoms with Crippen LogP contribution in [0.2, 0.25) is 0 Å². The Morgan fingerprint density at radius 3 is 3.00 bits per heavy atom. The van der Waals surface area contributed by atoms with Gasteiger partial charge in [0.1, 0.15) is 17.6 Å². The first-order valence-corrected chi connectivity index (χ1v) is 7.58. The van der Waals surface area contributed by atoms with E-state index in [1.807, 2.05) is 13.2 Å². The van der Waals surface area contributed by atoms with Crippen molar-refractivity contribution in [3.8, 4) is 5.95 Å². The maximum atomic E-state index is 12.8. The number of nitrogens with zero attached hydrogens (tertiary/aromatic N) is 6. The van der Waals surface area contributed by atoms with Gasteiger partial charge in [0.05, 0.1) is 6.20 Å². The van der Waals surface area contributed by atoms with Gasteiger partial charge in [0.25, 0.3) is 5.91 Å². The minimum absolute atomic E-state index is 0.152. The molecule has 1 unspecified atom stereocenters. The van der Waals surface area contributed by atoms with Gasteiger partial charge in [-0.25, -0.2) is 9.97 Å². The van der Waals surface area contributed by atoms with Gasteiger partial charge in [0, 0.05) is 26.0 Å². The van der Waals surface area contributed by atoms with Gasteiger partial charge >= 0.3 is 0 Å². The molecule has 0 aromatic carbocycles. The van der Waals surface area contributed by atoms with Crippen LogP contribution in [0, 0.1) is 0 Å². The smallest absolute Gasteiger partial charge is 0.252 e. The van der Waals surface area contributed by atoms with Crippen molar-refractivity contribution in [2.24, 2.45) is 0 Å². The van der Waals surface area contributed by atoms with Crippen LogP contribution >= 0.6 is 0 Å². The van der Waals surface area contributed by atoms with Crippen molar-refractivity contribution in [2.45, 2.75) is 31.7 Å². The first-order valence-electron chi connectivity index (χ1n) is 7.58. The molecular weight excluding hydrogens is 280 g/mol. The summed E-state index contributed by atoms with van der Waals surface area (Å²) in [6, 6.07) is 0.